The van der Waals surface area contributed by atoms with E-state index in [0.717, 1.165) is 0 Å². The maximum Gasteiger partial charge on any atom is 0.272 e. The van der Waals surface area contributed by atoms with Gasteiger partial charge in [0.25, 0.3) is 5.69 Å². The molecule has 94 valence electrons. The van der Waals surface area contributed by atoms with Crippen LogP contribution in [0.5, 0.6) is 0 Å². The Bertz CT molecular complexity index is 371. The van der Waals surface area contributed by atoms with E-state index in [4.69, 9.17) is 16.3 Å². The topological polar surface area (TPSA) is 52.4 Å². The van der Waals surface area contributed by atoms with Crippen LogP contribution >= 0.6 is 11.6 Å². The number of rotatable bonds is 7. The minimum atomic E-state index is -0.374. The number of benzene rings is 1. The number of nitro benzene ring substituents is 1. The standard InChI is InChI=1S/C12H16ClNO3/c1-2-17-8-7-11(13)9-10-5-3-4-6-12(10)14(15)16/h3-6,11H,2,7-9H2,1H3. The van der Waals surface area contributed by atoms with E-state index in [0.29, 0.717) is 31.6 Å². The van der Waals surface area contributed by atoms with Crippen LogP contribution in [0, 0.1) is 10.1 Å². The molecule has 1 aromatic rings. The quantitative estimate of drug-likeness (QED) is 0.326. The third kappa shape index (κ3) is 4.71. The number of nitrogens with zero attached hydrogens (tertiary/aromatic N) is 1. The Morgan fingerprint density at radius 2 is 2.18 bits per heavy atom. The zero-order valence-corrected chi connectivity index (χ0v) is 10.5. The summed E-state index contributed by atoms with van der Waals surface area (Å²) in [6.45, 7) is 3.17. The van der Waals surface area contributed by atoms with Crippen LogP contribution in [0.25, 0.3) is 0 Å². The smallest absolute Gasteiger partial charge is 0.272 e. The van der Waals surface area contributed by atoms with Crippen molar-refractivity contribution in [3.63, 3.8) is 0 Å². The molecule has 0 aliphatic rings. The summed E-state index contributed by atoms with van der Waals surface area (Å²) in [5, 5.41) is 10.7. The van der Waals surface area contributed by atoms with Crippen LogP contribution in [0.15, 0.2) is 24.3 Å². The number of halogens is 1. The number of ether oxygens (including phenoxy) is 1. The molecule has 0 N–H and O–H groups in total. The molecule has 0 radical (unpaired) electrons. The summed E-state index contributed by atoms with van der Waals surface area (Å²) in [6, 6.07) is 6.69. The van der Waals surface area contributed by atoms with Gasteiger partial charge in [-0.05, 0) is 19.8 Å². The van der Waals surface area contributed by atoms with E-state index < -0.39 is 0 Å². The van der Waals surface area contributed by atoms with Gasteiger partial charge < -0.3 is 4.74 Å². The molecule has 0 bridgehead atoms. The Morgan fingerprint density at radius 1 is 1.47 bits per heavy atom. The molecule has 4 nitrogen and oxygen atoms in total. The zero-order chi connectivity index (χ0) is 12.7. The van der Waals surface area contributed by atoms with Gasteiger partial charge in [0.1, 0.15) is 0 Å². The highest BCUT2D eigenvalue weighted by atomic mass is 35.5. The maximum atomic E-state index is 10.8. The number of hydrogen-bond acceptors (Lipinski definition) is 3. The van der Waals surface area contributed by atoms with E-state index in [9.17, 15) is 10.1 Å². The molecular formula is C12H16ClNO3. The van der Waals surface area contributed by atoms with Crippen molar-refractivity contribution in [3.8, 4) is 0 Å². The van der Waals surface area contributed by atoms with E-state index >= 15 is 0 Å². The van der Waals surface area contributed by atoms with Crippen LogP contribution in [-0.2, 0) is 11.2 Å². The fraction of sp³-hybridized carbons (Fsp3) is 0.500. The van der Waals surface area contributed by atoms with Crippen LogP contribution in [0.1, 0.15) is 18.9 Å². The first-order valence-electron chi connectivity index (χ1n) is 5.59. The van der Waals surface area contributed by atoms with Crippen molar-refractivity contribution in [1.82, 2.24) is 0 Å². The van der Waals surface area contributed by atoms with Gasteiger partial charge in [-0.1, -0.05) is 18.2 Å². The zero-order valence-electron chi connectivity index (χ0n) is 9.77. The predicted molar refractivity (Wildman–Crippen MR) is 67.6 cm³/mol. The molecule has 0 aliphatic heterocycles. The summed E-state index contributed by atoms with van der Waals surface area (Å²) in [6.07, 6.45) is 1.19. The second-order valence-corrected chi connectivity index (χ2v) is 4.29. The van der Waals surface area contributed by atoms with Gasteiger partial charge in [-0.25, -0.2) is 0 Å². The lowest BCUT2D eigenvalue weighted by atomic mass is 10.1. The molecule has 0 saturated carbocycles. The molecule has 1 unspecified atom stereocenters. The Morgan fingerprint density at radius 3 is 2.82 bits per heavy atom. The summed E-state index contributed by atoms with van der Waals surface area (Å²) in [7, 11) is 0. The molecule has 0 saturated heterocycles. The van der Waals surface area contributed by atoms with E-state index in [1.54, 1.807) is 18.2 Å². The van der Waals surface area contributed by atoms with Gasteiger partial charge in [0.15, 0.2) is 0 Å². The van der Waals surface area contributed by atoms with Crippen molar-refractivity contribution in [2.24, 2.45) is 0 Å². The predicted octanol–water partition coefficient (Wildman–Crippen LogP) is 3.17. The molecule has 17 heavy (non-hydrogen) atoms. The van der Waals surface area contributed by atoms with Crippen LogP contribution in [0.2, 0.25) is 0 Å². The molecule has 1 rings (SSSR count). The van der Waals surface area contributed by atoms with Gasteiger partial charge in [-0.15, -0.1) is 11.6 Å². The summed E-state index contributed by atoms with van der Waals surface area (Å²) in [4.78, 5) is 10.4. The number of alkyl halides is 1. The van der Waals surface area contributed by atoms with E-state index in [1.807, 2.05) is 6.92 Å². The van der Waals surface area contributed by atoms with E-state index in [2.05, 4.69) is 0 Å². The minimum absolute atomic E-state index is 0.134. The molecule has 1 aromatic carbocycles. The number of para-hydroxylation sites is 1. The lowest BCUT2D eigenvalue weighted by Gasteiger charge is -2.09. The van der Waals surface area contributed by atoms with Crippen molar-refractivity contribution >= 4 is 17.3 Å². The molecule has 1 atom stereocenters. The monoisotopic (exact) mass is 257 g/mol. The number of nitro groups is 1. The summed E-state index contributed by atoms with van der Waals surface area (Å²) >= 11 is 6.13. The number of hydrogen-bond donors (Lipinski definition) is 0. The molecule has 0 aliphatic carbocycles. The lowest BCUT2D eigenvalue weighted by Crippen LogP contribution is -2.09. The Hall–Kier alpha value is -1.13. The molecule has 5 heteroatoms. The Labute approximate surface area is 106 Å². The Balaban J connectivity index is 2.58. The van der Waals surface area contributed by atoms with Crippen molar-refractivity contribution in [1.29, 1.82) is 0 Å². The normalized spacial score (nSPS) is 12.4. The van der Waals surface area contributed by atoms with Crippen molar-refractivity contribution in [2.75, 3.05) is 13.2 Å². The highest BCUT2D eigenvalue weighted by Crippen LogP contribution is 2.21. The molecule has 0 aromatic heterocycles. The van der Waals surface area contributed by atoms with Crippen molar-refractivity contribution < 1.29 is 9.66 Å². The van der Waals surface area contributed by atoms with Gasteiger partial charge in [-0.3, -0.25) is 10.1 Å². The van der Waals surface area contributed by atoms with Gasteiger partial charge in [0.05, 0.1) is 4.92 Å². The fourth-order valence-electron chi connectivity index (χ4n) is 1.56. The van der Waals surface area contributed by atoms with Gasteiger partial charge in [-0.2, -0.15) is 0 Å². The SMILES string of the molecule is CCOCCC(Cl)Cc1ccccc1[N+](=O)[O-]. The van der Waals surface area contributed by atoms with E-state index in [1.165, 1.54) is 6.07 Å². The van der Waals surface area contributed by atoms with Crippen molar-refractivity contribution in [3.05, 3.63) is 39.9 Å². The summed E-state index contributed by atoms with van der Waals surface area (Å²) < 4.78 is 5.20. The second-order valence-electron chi connectivity index (χ2n) is 3.67. The maximum absolute atomic E-state index is 10.8. The molecule has 0 amide bonds. The van der Waals surface area contributed by atoms with Gasteiger partial charge in [0.2, 0.25) is 0 Å². The van der Waals surface area contributed by atoms with Crippen LogP contribution in [0.3, 0.4) is 0 Å². The first-order chi connectivity index (χ1) is 8.15. The first-order valence-corrected chi connectivity index (χ1v) is 6.03. The molecule has 0 heterocycles. The van der Waals surface area contributed by atoms with Crippen molar-refractivity contribution in [2.45, 2.75) is 25.1 Å². The molecule has 0 spiro atoms. The Kier molecular flexibility index (Phi) is 5.94. The molecule has 0 fully saturated rings. The molecular weight excluding hydrogens is 242 g/mol. The average molecular weight is 258 g/mol. The van der Waals surface area contributed by atoms with Crippen LogP contribution in [-0.4, -0.2) is 23.5 Å². The summed E-state index contributed by atoms with van der Waals surface area (Å²) in [5.41, 5.74) is 0.809. The fourth-order valence-corrected chi connectivity index (χ4v) is 1.81. The van der Waals surface area contributed by atoms with Crippen LogP contribution < -0.4 is 0 Å². The third-order valence-corrected chi connectivity index (χ3v) is 2.78. The highest BCUT2D eigenvalue weighted by Gasteiger charge is 2.15. The first kappa shape index (κ1) is 13.9. The second kappa shape index (κ2) is 7.25. The average Bonchev–Trinajstić information content (AvgIpc) is 2.29. The highest BCUT2D eigenvalue weighted by molar-refractivity contribution is 6.20. The largest absolute Gasteiger partial charge is 0.382 e. The van der Waals surface area contributed by atoms with Gasteiger partial charge in [0, 0.05) is 30.2 Å². The van der Waals surface area contributed by atoms with Gasteiger partial charge >= 0.3 is 0 Å². The third-order valence-electron chi connectivity index (χ3n) is 2.41. The minimum Gasteiger partial charge on any atom is -0.382 e. The summed E-state index contributed by atoms with van der Waals surface area (Å²) in [5.74, 6) is 0. The van der Waals surface area contributed by atoms with E-state index in [-0.39, 0.29) is 16.0 Å². The van der Waals surface area contributed by atoms with Crippen LogP contribution in [0.4, 0.5) is 5.69 Å². The lowest BCUT2D eigenvalue weighted by molar-refractivity contribution is -0.385.